The summed E-state index contributed by atoms with van der Waals surface area (Å²) in [6, 6.07) is 6.57. The van der Waals surface area contributed by atoms with Gasteiger partial charge in [0.25, 0.3) is 5.91 Å². The molecule has 3 aromatic rings. The number of carboxylic acids is 1. The first-order valence-corrected chi connectivity index (χ1v) is 14.1. The number of fused-ring (bicyclic) bond motifs is 1. The molecule has 2 aromatic heterocycles. The van der Waals surface area contributed by atoms with Crippen molar-refractivity contribution >= 4 is 34.8 Å². The number of alkyl halides is 3. The molecule has 1 unspecified atom stereocenters. The van der Waals surface area contributed by atoms with Crippen molar-refractivity contribution in [3.63, 3.8) is 0 Å². The molecule has 1 saturated heterocycles. The second kappa shape index (κ2) is 14.1. The molecule has 4 rings (SSSR count). The van der Waals surface area contributed by atoms with E-state index in [1.165, 1.54) is 4.57 Å². The first-order chi connectivity index (χ1) is 21.0. The fraction of sp³-hybridized carbons (Fsp3) is 0.500. The van der Waals surface area contributed by atoms with Crippen molar-refractivity contribution in [1.82, 2.24) is 24.8 Å². The molecule has 0 radical (unpaired) electrons. The molecule has 238 valence electrons. The third kappa shape index (κ3) is 6.97. The van der Waals surface area contributed by atoms with E-state index in [0.717, 1.165) is 19.1 Å². The highest BCUT2D eigenvalue weighted by Crippen LogP contribution is 2.42. The lowest BCUT2D eigenvalue weighted by atomic mass is 9.94. The SMILES string of the molecule is CCCCOCC1(C(=O)O)O[C@@H](n2cnc3c(NC(=O)c4ccccc4)ncnc32)[C@@H](NC(=O)C(F)(F)F)[C@H]1OCCCC. The standard InChI is InChI=1S/C28H33F3N6O7/c1-3-5-12-42-14-27(26(40)41)20(43-13-6-4-2)18(35-25(39)28(29,30)31)24(44-27)37-16-34-19-21(32-15-33-22(19)37)36-23(38)17-10-8-7-9-11-17/h7-11,15-16,18,20,24H,3-6,12-14H2,1-2H3,(H,35,39)(H,40,41)(H,32,33,36,38)/t18-,20+,24+,27?/m0/s1. The molecule has 0 bridgehead atoms. The summed E-state index contributed by atoms with van der Waals surface area (Å²) in [7, 11) is 0. The van der Waals surface area contributed by atoms with E-state index in [-0.39, 0.29) is 30.2 Å². The molecule has 4 atom stereocenters. The zero-order valence-electron chi connectivity index (χ0n) is 24.0. The minimum Gasteiger partial charge on any atom is -0.479 e. The highest BCUT2D eigenvalue weighted by molar-refractivity contribution is 6.06. The molecule has 13 nitrogen and oxygen atoms in total. The van der Waals surface area contributed by atoms with Crippen molar-refractivity contribution in [2.75, 3.05) is 25.1 Å². The summed E-state index contributed by atoms with van der Waals surface area (Å²) >= 11 is 0. The molecule has 1 aliphatic rings. The number of hydrogen-bond acceptors (Lipinski definition) is 9. The fourth-order valence-electron chi connectivity index (χ4n) is 4.72. The van der Waals surface area contributed by atoms with Crippen molar-refractivity contribution in [2.45, 2.75) is 69.7 Å². The first-order valence-electron chi connectivity index (χ1n) is 14.1. The Morgan fingerprint density at radius 2 is 1.77 bits per heavy atom. The van der Waals surface area contributed by atoms with Crippen LogP contribution >= 0.6 is 0 Å². The number of carbonyl (C=O) groups excluding carboxylic acids is 2. The number of carbonyl (C=O) groups is 3. The van der Waals surface area contributed by atoms with Crippen LogP contribution in [0, 0.1) is 0 Å². The van der Waals surface area contributed by atoms with E-state index in [1.54, 1.807) is 30.3 Å². The lowest BCUT2D eigenvalue weighted by Gasteiger charge is -2.31. The zero-order chi connectivity index (χ0) is 31.9. The molecule has 1 aromatic carbocycles. The Hall–Kier alpha value is -4.15. The van der Waals surface area contributed by atoms with Crippen LogP contribution in [0.3, 0.4) is 0 Å². The Morgan fingerprint density at radius 1 is 1.07 bits per heavy atom. The van der Waals surface area contributed by atoms with Gasteiger partial charge < -0.3 is 30.0 Å². The number of imidazole rings is 1. The predicted molar refractivity (Wildman–Crippen MR) is 149 cm³/mol. The smallest absolute Gasteiger partial charge is 0.471 e. The number of ether oxygens (including phenoxy) is 3. The molecular weight excluding hydrogens is 589 g/mol. The van der Waals surface area contributed by atoms with E-state index in [9.17, 15) is 32.7 Å². The van der Waals surface area contributed by atoms with Gasteiger partial charge in [-0.1, -0.05) is 44.9 Å². The lowest BCUT2D eigenvalue weighted by Crippen LogP contribution is -2.58. The summed E-state index contributed by atoms with van der Waals surface area (Å²) in [5.41, 5.74) is -1.96. The van der Waals surface area contributed by atoms with Crippen LogP contribution in [0.25, 0.3) is 11.2 Å². The van der Waals surface area contributed by atoms with Crippen molar-refractivity contribution in [1.29, 1.82) is 0 Å². The third-order valence-electron chi connectivity index (χ3n) is 7.00. The number of nitrogens with zero attached hydrogens (tertiary/aromatic N) is 4. The van der Waals surface area contributed by atoms with Gasteiger partial charge in [0, 0.05) is 18.8 Å². The summed E-state index contributed by atoms with van der Waals surface area (Å²) in [6.45, 7) is 3.31. The molecule has 0 aliphatic carbocycles. The molecule has 1 fully saturated rings. The van der Waals surface area contributed by atoms with Crippen molar-refractivity contribution in [3.05, 3.63) is 48.5 Å². The van der Waals surface area contributed by atoms with Gasteiger partial charge in [-0.3, -0.25) is 14.2 Å². The Bertz CT molecular complexity index is 1450. The summed E-state index contributed by atoms with van der Waals surface area (Å²) in [4.78, 5) is 50.3. The largest absolute Gasteiger partial charge is 0.479 e. The fourth-order valence-corrected chi connectivity index (χ4v) is 4.72. The average Bonchev–Trinajstić information content (AvgIpc) is 3.56. The number of unbranched alkanes of at least 4 members (excludes halogenated alkanes) is 2. The molecule has 0 saturated carbocycles. The van der Waals surface area contributed by atoms with Gasteiger partial charge in [-0.2, -0.15) is 13.2 Å². The zero-order valence-corrected chi connectivity index (χ0v) is 24.0. The number of aromatic nitrogens is 4. The molecule has 44 heavy (non-hydrogen) atoms. The Morgan fingerprint density at radius 3 is 2.43 bits per heavy atom. The van der Waals surface area contributed by atoms with Gasteiger partial charge in [-0.25, -0.2) is 19.7 Å². The van der Waals surface area contributed by atoms with E-state index < -0.39 is 54.5 Å². The van der Waals surface area contributed by atoms with Crippen LogP contribution < -0.4 is 10.6 Å². The van der Waals surface area contributed by atoms with Crippen LogP contribution in [-0.2, 0) is 23.8 Å². The Labute approximate surface area is 250 Å². The monoisotopic (exact) mass is 622 g/mol. The van der Waals surface area contributed by atoms with Gasteiger partial charge in [0.1, 0.15) is 18.5 Å². The molecule has 3 heterocycles. The molecule has 1 aliphatic heterocycles. The second-order valence-electron chi connectivity index (χ2n) is 10.1. The van der Waals surface area contributed by atoms with Gasteiger partial charge in [-0.05, 0) is 25.0 Å². The lowest BCUT2D eigenvalue weighted by molar-refractivity contribution is -0.192. The predicted octanol–water partition coefficient (Wildman–Crippen LogP) is 3.48. The number of hydrogen-bond donors (Lipinski definition) is 3. The van der Waals surface area contributed by atoms with E-state index in [1.807, 2.05) is 19.2 Å². The molecule has 0 spiro atoms. The van der Waals surface area contributed by atoms with Crippen molar-refractivity contribution in [2.24, 2.45) is 0 Å². The van der Waals surface area contributed by atoms with Gasteiger partial charge in [-0.15, -0.1) is 0 Å². The van der Waals surface area contributed by atoms with Gasteiger partial charge in [0.2, 0.25) is 5.60 Å². The highest BCUT2D eigenvalue weighted by Gasteiger charge is 2.63. The summed E-state index contributed by atoms with van der Waals surface area (Å²) in [5, 5.41) is 14.9. The third-order valence-corrected chi connectivity index (χ3v) is 7.00. The van der Waals surface area contributed by atoms with Crippen LogP contribution in [0.2, 0.25) is 0 Å². The molecule has 2 amide bonds. The van der Waals surface area contributed by atoms with Gasteiger partial charge in [0.15, 0.2) is 23.2 Å². The van der Waals surface area contributed by atoms with E-state index >= 15 is 0 Å². The topological polar surface area (TPSA) is 167 Å². The Balaban J connectivity index is 1.78. The van der Waals surface area contributed by atoms with Crippen LogP contribution in [0.1, 0.15) is 56.1 Å². The normalized spacial score (nSPS) is 21.8. The maximum absolute atomic E-state index is 13.5. The van der Waals surface area contributed by atoms with Crippen LogP contribution in [0.15, 0.2) is 43.0 Å². The molecule has 16 heteroatoms. The van der Waals surface area contributed by atoms with Gasteiger partial charge >= 0.3 is 18.1 Å². The second-order valence-corrected chi connectivity index (χ2v) is 10.1. The average molecular weight is 623 g/mol. The number of carboxylic acid groups (broad SMARTS) is 1. The number of nitrogens with one attached hydrogen (secondary N) is 2. The number of aliphatic carboxylic acids is 1. The number of amides is 2. The minimum atomic E-state index is -5.29. The maximum atomic E-state index is 13.5. The summed E-state index contributed by atoms with van der Waals surface area (Å²) in [5.74, 6) is -4.40. The minimum absolute atomic E-state index is 0.0139. The number of anilines is 1. The molecule has 3 N–H and O–H groups in total. The van der Waals surface area contributed by atoms with E-state index in [4.69, 9.17) is 14.2 Å². The number of rotatable bonds is 14. The first kappa shape index (κ1) is 32.8. The van der Waals surface area contributed by atoms with Crippen molar-refractivity contribution < 1.29 is 46.9 Å². The number of benzene rings is 1. The summed E-state index contributed by atoms with van der Waals surface area (Å²) in [6.07, 6.45) is -3.83. The maximum Gasteiger partial charge on any atom is 0.471 e. The van der Waals surface area contributed by atoms with Crippen LogP contribution in [0.4, 0.5) is 19.0 Å². The van der Waals surface area contributed by atoms with Crippen LogP contribution in [-0.4, -0.2) is 86.2 Å². The molecular formula is C28H33F3N6O7. The Kier molecular flexibility index (Phi) is 10.5. The highest BCUT2D eigenvalue weighted by atomic mass is 19.4. The van der Waals surface area contributed by atoms with Crippen LogP contribution in [0.5, 0.6) is 0 Å². The quantitative estimate of drug-likeness (QED) is 0.227. The van der Waals surface area contributed by atoms with Crippen molar-refractivity contribution in [3.8, 4) is 0 Å². The van der Waals surface area contributed by atoms with E-state index in [0.29, 0.717) is 24.8 Å². The van der Waals surface area contributed by atoms with Gasteiger partial charge in [0.05, 0.1) is 12.9 Å². The van der Waals surface area contributed by atoms with E-state index in [2.05, 4.69) is 20.3 Å². The number of halogens is 3. The summed E-state index contributed by atoms with van der Waals surface area (Å²) < 4.78 is 59.2.